The molecule has 1 aromatic carbocycles. The third kappa shape index (κ3) is 4.48. The predicted octanol–water partition coefficient (Wildman–Crippen LogP) is 2.94. The Labute approximate surface area is 161 Å². The summed E-state index contributed by atoms with van der Waals surface area (Å²) >= 11 is 0. The highest BCUT2D eigenvalue weighted by Crippen LogP contribution is 2.25. The first kappa shape index (κ1) is 18.0. The van der Waals surface area contributed by atoms with Gasteiger partial charge in [-0.1, -0.05) is 24.3 Å². The number of carbonyl (C=O) groups excluding carboxylic acids is 1. The van der Waals surface area contributed by atoms with E-state index in [-0.39, 0.29) is 5.91 Å². The summed E-state index contributed by atoms with van der Waals surface area (Å²) < 4.78 is 0. The van der Waals surface area contributed by atoms with Gasteiger partial charge in [-0.05, 0) is 49.9 Å². The molecule has 0 unspecified atom stereocenters. The lowest BCUT2D eigenvalue weighted by molar-refractivity contribution is 0.0899. The second-order valence-corrected chi connectivity index (χ2v) is 7.56. The van der Waals surface area contributed by atoms with Crippen molar-refractivity contribution in [2.24, 2.45) is 0 Å². The topological polar surface area (TPSA) is 48.5 Å². The van der Waals surface area contributed by atoms with Crippen LogP contribution in [0, 0.1) is 0 Å². The monoisotopic (exact) mass is 364 g/mol. The molecular weight excluding hydrogens is 336 g/mol. The van der Waals surface area contributed by atoms with E-state index in [0.29, 0.717) is 12.1 Å². The molecule has 1 N–H and O–H groups in total. The summed E-state index contributed by atoms with van der Waals surface area (Å²) in [7, 11) is 0. The number of hydrogen-bond acceptors (Lipinski definition) is 4. The molecule has 1 saturated carbocycles. The van der Waals surface area contributed by atoms with Crippen LogP contribution in [-0.4, -0.2) is 54.1 Å². The van der Waals surface area contributed by atoms with Gasteiger partial charge < -0.3 is 10.2 Å². The van der Waals surface area contributed by atoms with Gasteiger partial charge in [0, 0.05) is 50.0 Å². The highest BCUT2D eigenvalue weighted by molar-refractivity contribution is 5.94. The fourth-order valence-corrected chi connectivity index (χ4v) is 4.30. The van der Waals surface area contributed by atoms with E-state index in [1.165, 1.54) is 12.8 Å². The van der Waals surface area contributed by atoms with Gasteiger partial charge in [-0.3, -0.25) is 9.69 Å². The van der Waals surface area contributed by atoms with Crippen LogP contribution in [0.5, 0.6) is 0 Å². The molecule has 1 aromatic heterocycles. The van der Waals surface area contributed by atoms with Crippen molar-refractivity contribution in [1.82, 2.24) is 15.2 Å². The second-order valence-electron chi connectivity index (χ2n) is 7.56. The van der Waals surface area contributed by atoms with Crippen molar-refractivity contribution in [2.45, 2.75) is 37.8 Å². The number of aromatic nitrogens is 1. The fourth-order valence-electron chi connectivity index (χ4n) is 4.30. The van der Waals surface area contributed by atoms with Gasteiger partial charge in [0.25, 0.3) is 5.91 Å². The van der Waals surface area contributed by atoms with E-state index in [9.17, 15) is 4.79 Å². The number of nitrogens with zero attached hydrogens (tertiary/aromatic N) is 3. The maximum Gasteiger partial charge on any atom is 0.251 e. The Hall–Kier alpha value is -2.40. The molecule has 1 amide bonds. The fraction of sp³-hybridized carbons (Fsp3) is 0.455. The zero-order valence-electron chi connectivity index (χ0n) is 15.8. The van der Waals surface area contributed by atoms with Crippen LogP contribution in [0.15, 0.2) is 54.7 Å². The maximum absolute atomic E-state index is 12.3. The van der Waals surface area contributed by atoms with Crippen molar-refractivity contribution in [3.05, 3.63) is 60.3 Å². The molecule has 5 heteroatoms. The molecule has 0 bridgehead atoms. The van der Waals surface area contributed by atoms with Crippen molar-refractivity contribution in [3.8, 4) is 0 Å². The average Bonchev–Trinajstić information content (AvgIpc) is 2.76. The summed E-state index contributed by atoms with van der Waals surface area (Å²) in [5.41, 5.74) is 0.755. The van der Waals surface area contributed by atoms with Crippen molar-refractivity contribution >= 4 is 11.7 Å². The van der Waals surface area contributed by atoms with Gasteiger partial charge in [0.1, 0.15) is 5.82 Å². The molecular formula is C22H28N4O. The molecule has 2 aliphatic rings. The molecule has 0 radical (unpaired) electrons. The normalized spacial score (nSPS) is 23.8. The largest absolute Gasteiger partial charge is 0.354 e. The molecule has 0 atom stereocenters. The number of benzene rings is 1. The summed E-state index contributed by atoms with van der Waals surface area (Å²) in [5, 5.41) is 3.21. The Bertz CT molecular complexity index is 720. The zero-order valence-corrected chi connectivity index (χ0v) is 15.8. The lowest BCUT2D eigenvalue weighted by Crippen LogP contribution is -2.52. The first-order chi connectivity index (χ1) is 13.3. The highest BCUT2D eigenvalue weighted by atomic mass is 16.1. The molecule has 27 heavy (non-hydrogen) atoms. The first-order valence-electron chi connectivity index (χ1n) is 10.1. The van der Waals surface area contributed by atoms with Crippen LogP contribution in [0.1, 0.15) is 36.0 Å². The van der Waals surface area contributed by atoms with Gasteiger partial charge in [0.2, 0.25) is 0 Å². The summed E-state index contributed by atoms with van der Waals surface area (Å²) in [5.74, 6) is 1.15. The van der Waals surface area contributed by atoms with Crippen LogP contribution in [-0.2, 0) is 0 Å². The van der Waals surface area contributed by atoms with Gasteiger partial charge in [0.15, 0.2) is 0 Å². The molecule has 2 heterocycles. The number of piperazine rings is 1. The SMILES string of the molecule is O=C(NC1CCC(N2CCN(c3ccccn3)CC2)CC1)c1ccccc1. The summed E-state index contributed by atoms with van der Waals surface area (Å²) in [4.78, 5) is 21.8. The summed E-state index contributed by atoms with van der Waals surface area (Å²) in [6, 6.07) is 16.6. The highest BCUT2D eigenvalue weighted by Gasteiger charge is 2.29. The molecule has 0 spiro atoms. The summed E-state index contributed by atoms with van der Waals surface area (Å²) in [6.45, 7) is 4.29. The molecule has 5 nitrogen and oxygen atoms in total. The van der Waals surface area contributed by atoms with E-state index in [0.717, 1.165) is 50.4 Å². The van der Waals surface area contributed by atoms with E-state index in [1.54, 1.807) is 0 Å². The average molecular weight is 364 g/mol. The van der Waals surface area contributed by atoms with E-state index in [4.69, 9.17) is 0 Å². The number of amides is 1. The van der Waals surface area contributed by atoms with E-state index in [2.05, 4.69) is 32.2 Å². The van der Waals surface area contributed by atoms with Gasteiger partial charge in [0.05, 0.1) is 0 Å². The van der Waals surface area contributed by atoms with Crippen molar-refractivity contribution in [2.75, 3.05) is 31.1 Å². The first-order valence-corrected chi connectivity index (χ1v) is 10.1. The zero-order chi connectivity index (χ0) is 18.5. The number of nitrogens with one attached hydrogen (secondary N) is 1. The molecule has 142 valence electrons. The van der Waals surface area contributed by atoms with Gasteiger partial charge in [-0.2, -0.15) is 0 Å². The van der Waals surface area contributed by atoms with E-state index >= 15 is 0 Å². The maximum atomic E-state index is 12.3. The minimum Gasteiger partial charge on any atom is -0.354 e. The Kier molecular flexibility index (Phi) is 5.68. The van der Waals surface area contributed by atoms with Crippen LogP contribution in [0.4, 0.5) is 5.82 Å². The Balaban J connectivity index is 1.22. The number of pyridine rings is 1. The smallest absolute Gasteiger partial charge is 0.251 e. The number of hydrogen-bond donors (Lipinski definition) is 1. The lowest BCUT2D eigenvalue weighted by Gasteiger charge is -2.42. The summed E-state index contributed by atoms with van der Waals surface area (Å²) in [6.07, 6.45) is 6.35. The standard InChI is InChI=1S/C22H28N4O/c27-22(18-6-2-1-3-7-18)24-19-9-11-20(12-10-19)25-14-16-26(17-15-25)21-8-4-5-13-23-21/h1-8,13,19-20H,9-12,14-17H2,(H,24,27). The minimum atomic E-state index is 0.0584. The Morgan fingerprint density at radius 2 is 1.59 bits per heavy atom. The number of rotatable bonds is 4. The van der Waals surface area contributed by atoms with Crippen molar-refractivity contribution in [1.29, 1.82) is 0 Å². The van der Waals surface area contributed by atoms with Crippen LogP contribution in [0.2, 0.25) is 0 Å². The van der Waals surface area contributed by atoms with E-state index < -0.39 is 0 Å². The van der Waals surface area contributed by atoms with Crippen LogP contribution < -0.4 is 10.2 Å². The quantitative estimate of drug-likeness (QED) is 0.906. The van der Waals surface area contributed by atoms with Crippen LogP contribution >= 0.6 is 0 Å². The molecule has 4 rings (SSSR count). The second kappa shape index (κ2) is 8.53. The Morgan fingerprint density at radius 1 is 0.889 bits per heavy atom. The molecule has 1 saturated heterocycles. The van der Waals surface area contributed by atoms with Crippen LogP contribution in [0.3, 0.4) is 0 Å². The van der Waals surface area contributed by atoms with E-state index in [1.807, 2.05) is 42.6 Å². The van der Waals surface area contributed by atoms with Gasteiger partial charge >= 0.3 is 0 Å². The van der Waals surface area contributed by atoms with Gasteiger partial charge in [-0.25, -0.2) is 4.98 Å². The predicted molar refractivity (Wildman–Crippen MR) is 108 cm³/mol. The van der Waals surface area contributed by atoms with Crippen molar-refractivity contribution < 1.29 is 4.79 Å². The number of carbonyl (C=O) groups is 1. The van der Waals surface area contributed by atoms with Crippen LogP contribution in [0.25, 0.3) is 0 Å². The molecule has 2 fully saturated rings. The number of anilines is 1. The lowest BCUT2D eigenvalue weighted by atomic mass is 9.89. The van der Waals surface area contributed by atoms with Gasteiger partial charge in [-0.15, -0.1) is 0 Å². The third-order valence-electron chi connectivity index (χ3n) is 5.87. The minimum absolute atomic E-state index is 0.0584. The molecule has 1 aliphatic carbocycles. The third-order valence-corrected chi connectivity index (χ3v) is 5.87. The Morgan fingerprint density at radius 3 is 2.26 bits per heavy atom. The molecule has 2 aromatic rings. The molecule has 1 aliphatic heterocycles. The van der Waals surface area contributed by atoms with Crippen molar-refractivity contribution in [3.63, 3.8) is 0 Å².